The second kappa shape index (κ2) is 7.80. The number of rotatable bonds is 4. The molecule has 5 heteroatoms. The maximum atomic E-state index is 10.9. The van der Waals surface area contributed by atoms with Gasteiger partial charge in [0.15, 0.2) is 0 Å². The molecule has 2 heterocycles. The van der Waals surface area contributed by atoms with Crippen molar-refractivity contribution < 1.29 is 14.7 Å². The quantitative estimate of drug-likeness (QED) is 0.835. The third-order valence-electron chi connectivity index (χ3n) is 4.43. The average Bonchev–Trinajstić information content (AvgIpc) is 2.54. The van der Waals surface area contributed by atoms with E-state index in [9.17, 15) is 4.79 Å². The van der Waals surface area contributed by atoms with Crippen molar-refractivity contribution in [3.8, 4) is 0 Å². The lowest BCUT2D eigenvalue weighted by molar-refractivity contribution is -0.137. The van der Waals surface area contributed by atoms with E-state index in [0.717, 1.165) is 19.4 Å². The van der Waals surface area contributed by atoms with Crippen molar-refractivity contribution in [1.82, 2.24) is 10.4 Å². The second-order valence-electron chi connectivity index (χ2n) is 6.40. The van der Waals surface area contributed by atoms with Gasteiger partial charge in [-0.25, -0.2) is 0 Å². The summed E-state index contributed by atoms with van der Waals surface area (Å²) in [5.74, 6) is -0.260. The third kappa shape index (κ3) is 4.45. The van der Waals surface area contributed by atoms with Crippen molar-refractivity contribution in [1.29, 1.82) is 0 Å². The van der Waals surface area contributed by atoms with Gasteiger partial charge in [-0.1, -0.05) is 26.7 Å². The molecule has 0 bridgehead atoms. The van der Waals surface area contributed by atoms with E-state index >= 15 is 0 Å². The van der Waals surface area contributed by atoms with Gasteiger partial charge in [-0.05, 0) is 30.8 Å². The van der Waals surface area contributed by atoms with E-state index in [1.54, 1.807) is 0 Å². The molecule has 2 aliphatic rings. The molecule has 0 aromatic heterocycles. The first kappa shape index (κ1) is 16.3. The number of carboxylic acid groups (broad SMARTS) is 1. The molecule has 0 aromatic rings. The van der Waals surface area contributed by atoms with Gasteiger partial charge in [0.05, 0.1) is 12.5 Å². The molecule has 0 saturated carbocycles. The highest BCUT2D eigenvalue weighted by molar-refractivity contribution is 5.66. The van der Waals surface area contributed by atoms with Crippen LogP contribution in [0.25, 0.3) is 0 Å². The molecule has 5 nitrogen and oxygen atoms in total. The molecular weight excluding hydrogens is 268 g/mol. The van der Waals surface area contributed by atoms with Crippen LogP contribution in [0.4, 0.5) is 0 Å². The molecule has 1 atom stereocenters. The summed E-state index contributed by atoms with van der Waals surface area (Å²) in [5, 5.41) is 8.98. The van der Waals surface area contributed by atoms with Crippen molar-refractivity contribution in [2.75, 3.05) is 19.7 Å². The van der Waals surface area contributed by atoms with E-state index in [2.05, 4.69) is 24.2 Å². The Labute approximate surface area is 127 Å². The highest BCUT2D eigenvalue weighted by Gasteiger charge is 2.29. The summed E-state index contributed by atoms with van der Waals surface area (Å²) in [7, 11) is 0. The van der Waals surface area contributed by atoms with E-state index in [4.69, 9.17) is 9.94 Å². The minimum absolute atomic E-state index is 0.191. The van der Waals surface area contributed by atoms with Gasteiger partial charge in [0.1, 0.15) is 6.61 Å². The van der Waals surface area contributed by atoms with Crippen LogP contribution in [0.5, 0.6) is 0 Å². The molecular formula is C16H28N2O3. The van der Waals surface area contributed by atoms with Crippen LogP contribution in [0.3, 0.4) is 0 Å². The van der Waals surface area contributed by atoms with Crippen LogP contribution < -0.4 is 5.48 Å². The predicted molar refractivity (Wildman–Crippen MR) is 81.7 cm³/mol. The molecule has 120 valence electrons. The molecule has 0 saturated heterocycles. The molecule has 0 fully saturated rings. The Kier molecular flexibility index (Phi) is 6.06. The maximum Gasteiger partial charge on any atom is 0.305 e. The van der Waals surface area contributed by atoms with E-state index in [1.807, 2.05) is 0 Å². The molecule has 0 amide bonds. The van der Waals surface area contributed by atoms with Crippen LogP contribution in [0.15, 0.2) is 11.3 Å². The summed E-state index contributed by atoms with van der Waals surface area (Å²) in [4.78, 5) is 18.8. The van der Waals surface area contributed by atoms with Crippen molar-refractivity contribution in [3.63, 3.8) is 0 Å². The second-order valence-corrected chi connectivity index (χ2v) is 6.40. The van der Waals surface area contributed by atoms with Crippen LogP contribution in [0.1, 0.15) is 52.4 Å². The fraction of sp³-hybridized carbons (Fsp3) is 0.812. The minimum atomic E-state index is -0.729. The number of hydrogen-bond donors (Lipinski definition) is 2. The van der Waals surface area contributed by atoms with E-state index in [0.29, 0.717) is 19.1 Å². The summed E-state index contributed by atoms with van der Waals surface area (Å²) in [6.07, 6.45) is 6.13. The predicted octanol–water partition coefficient (Wildman–Crippen LogP) is 2.54. The minimum Gasteiger partial charge on any atom is -0.481 e. The average molecular weight is 296 g/mol. The third-order valence-corrected chi connectivity index (χ3v) is 4.43. The monoisotopic (exact) mass is 296 g/mol. The Morgan fingerprint density at radius 2 is 2.14 bits per heavy atom. The zero-order chi connectivity index (χ0) is 15.2. The van der Waals surface area contributed by atoms with Crippen LogP contribution in [-0.2, 0) is 9.63 Å². The van der Waals surface area contributed by atoms with Gasteiger partial charge in [0, 0.05) is 18.8 Å². The number of aliphatic carboxylic acids is 1. The van der Waals surface area contributed by atoms with E-state index in [-0.39, 0.29) is 12.5 Å². The fourth-order valence-corrected chi connectivity index (χ4v) is 3.26. The Morgan fingerprint density at radius 1 is 1.38 bits per heavy atom. The smallest absolute Gasteiger partial charge is 0.305 e. The van der Waals surface area contributed by atoms with Gasteiger partial charge in [-0.2, -0.15) is 5.48 Å². The summed E-state index contributed by atoms with van der Waals surface area (Å²) in [6.45, 7) is 6.48. The van der Waals surface area contributed by atoms with Gasteiger partial charge >= 0.3 is 5.97 Å². The fourth-order valence-electron chi connectivity index (χ4n) is 3.26. The van der Waals surface area contributed by atoms with Gasteiger partial charge in [0.2, 0.25) is 0 Å². The number of carbonyl (C=O) groups is 1. The Bertz CT molecular complexity index is 393. The van der Waals surface area contributed by atoms with Crippen molar-refractivity contribution in [3.05, 3.63) is 11.3 Å². The van der Waals surface area contributed by atoms with Gasteiger partial charge in [0.25, 0.3) is 0 Å². The van der Waals surface area contributed by atoms with Crippen molar-refractivity contribution in [2.24, 2.45) is 5.92 Å². The number of carboxylic acids is 1. The first-order valence-corrected chi connectivity index (χ1v) is 8.15. The largest absolute Gasteiger partial charge is 0.481 e. The standard InChI is InChI=1S/C16H28N2O3/c1-12(2)16-13-7-5-3-4-6-9-18(10-8-15(19)20)14(13)11-21-17-16/h12,16-17H,3-11H2,1-2H3,(H,19,20). The van der Waals surface area contributed by atoms with Crippen LogP contribution in [0.2, 0.25) is 0 Å². The maximum absolute atomic E-state index is 10.9. The SMILES string of the molecule is CC(C)C1NOCC2=C1CCCCCCN2CCC(=O)O. The first-order valence-electron chi connectivity index (χ1n) is 8.15. The molecule has 2 rings (SSSR count). The molecule has 0 radical (unpaired) electrons. The molecule has 2 aliphatic heterocycles. The van der Waals surface area contributed by atoms with Crippen molar-refractivity contribution >= 4 is 5.97 Å². The Hall–Kier alpha value is -1.07. The first-order chi connectivity index (χ1) is 10.1. The Morgan fingerprint density at radius 3 is 2.86 bits per heavy atom. The lowest BCUT2D eigenvalue weighted by Gasteiger charge is -2.37. The van der Waals surface area contributed by atoms with E-state index < -0.39 is 5.97 Å². The Balaban J connectivity index is 2.23. The highest BCUT2D eigenvalue weighted by Crippen LogP contribution is 2.29. The van der Waals surface area contributed by atoms with E-state index in [1.165, 1.54) is 30.5 Å². The highest BCUT2D eigenvalue weighted by atomic mass is 16.6. The topological polar surface area (TPSA) is 61.8 Å². The number of hydrogen-bond acceptors (Lipinski definition) is 4. The van der Waals surface area contributed by atoms with Crippen LogP contribution in [-0.4, -0.2) is 41.7 Å². The van der Waals surface area contributed by atoms with Crippen LogP contribution >= 0.6 is 0 Å². The lowest BCUT2D eigenvalue weighted by Crippen LogP contribution is -2.44. The molecule has 2 N–H and O–H groups in total. The molecule has 0 aliphatic carbocycles. The number of nitrogens with one attached hydrogen (secondary N) is 1. The molecule has 21 heavy (non-hydrogen) atoms. The zero-order valence-electron chi connectivity index (χ0n) is 13.2. The summed E-state index contributed by atoms with van der Waals surface area (Å²) in [6, 6.07) is 0.249. The zero-order valence-corrected chi connectivity index (χ0v) is 13.2. The molecule has 1 unspecified atom stereocenters. The molecule has 0 spiro atoms. The molecule has 0 aromatic carbocycles. The van der Waals surface area contributed by atoms with Crippen molar-refractivity contribution in [2.45, 2.75) is 58.4 Å². The summed E-state index contributed by atoms with van der Waals surface area (Å²) >= 11 is 0. The lowest BCUT2D eigenvalue weighted by atomic mass is 9.90. The number of nitrogens with zero attached hydrogens (tertiary/aromatic N) is 1. The van der Waals surface area contributed by atoms with Gasteiger partial charge < -0.3 is 10.0 Å². The summed E-state index contributed by atoms with van der Waals surface area (Å²) < 4.78 is 0. The van der Waals surface area contributed by atoms with Crippen LogP contribution in [0, 0.1) is 5.92 Å². The normalized spacial score (nSPS) is 24.3. The summed E-state index contributed by atoms with van der Waals surface area (Å²) in [5.41, 5.74) is 5.84. The van der Waals surface area contributed by atoms with Gasteiger partial charge in [-0.15, -0.1) is 0 Å². The van der Waals surface area contributed by atoms with Gasteiger partial charge in [-0.3, -0.25) is 9.63 Å². The number of hydroxylamine groups is 1.